The van der Waals surface area contributed by atoms with Crippen molar-refractivity contribution in [1.82, 2.24) is 15.0 Å². The number of nitrogens with zero attached hydrogens (tertiary/aromatic N) is 3. The lowest BCUT2D eigenvalue weighted by Crippen LogP contribution is -2.12. The third kappa shape index (κ3) is 3.72. The van der Waals surface area contributed by atoms with E-state index in [9.17, 15) is 0 Å². The first-order chi connectivity index (χ1) is 8.31. The van der Waals surface area contributed by atoms with E-state index < -0.39 is 0 Å². The molecule has 1 aliphatic rings. The Labute approximate surface area is 101 Å². The van der Waals surface area contributed by atoms with E-state index in [1.807, 2.05) is 13.8 Å². The van der Waals surface area contributed by atoms with Crippen LogP contribution in [0.2, 0.25) is 0 Å². The summed E-state index contributed by atoms with van der Waals surface area (Å²) < 4.78 is 5.31. The molecule has 1 fully saturated rings. The van der Waals surface area contributed by atoms with Gasteiger partial charge in [0.1, 0.15) is 0 Å². The van der Waals surface area contributed by atoms with Crippen molar-refractivity contribution in [3.8, 4) is 6.01 Å². The van der Waals surface area contributed by atoms with E-state index in [1.54, 1.807) is 0 Å². The van der Waals surface area contributed by atoms with Crippen molar-refractivity contribution in [1.29, 1.82) is 0 Å². The van der Waals surface area contributed by atoms with Gasteiger partial charge >= 0.3 is 6.01 Å². The highest BCUT2D eigenvalue weighted by atomic mass is 16.5. The number of ether oxygens (including phenoxy) is 1. The van der Waals surface area contributed by atoms with Crippen LogP contribution in [0.25, 0.3) is 0 Å². The largest absolute Gasteiger partial charge is 0.464 e. The van der Waals surface area contributed by atoms with Crippen LogP contribution in [-0.2, 0) is 0 Å². The minimum absolute atomic E-state index is 0.372. The monoisotopic (exact) mass is 237 g/mol. The Morgan fingerprint density at radius 2 is 1.82 bits per heavy atom. The van der Waals surface area contributed by atoms with E-state index in [4.69, 9.17) is 4.74 Å². The van der Waals surface area contributed by atoms with Gasteiger partial charge < -0.3 is 15.4 Å². The molecule has 6 heteroatoms. The predicted molar refractivity (Wildman–Crippen MR) is 66.4 cm³/mol. The Kier molecular flexibility index (Phi) is 3.95. The van der Waals surface area contributed by atoms with Crippen molar-refractivity contribution in [3.63, 3.8) is 0 Å². The zero-order valence-corrected chi connectivity index (χ0v) is 10.4. The molecule has 0 amide bonds. The van der Waals surface area contributed by atoms with Crippen LogP contribution in [-0.4, -0.2) is 34.6 Å². The average molecular weight is 237 g/mol. The minimum Gasteiger partial charge on any atom is -0.464 e. The van der Waals surface area contributed by atoms with Gasteiger partial charge in [0.25, 0.3) is 0 Å². The van der Waals surface area contributed by atoms with Crippen molar-refractivity contribution in [3.05, 3.63) is 0 Å². The molecule has 94 valence electrons. The molecule has 0 unspecified atom stereocenters. The van der Waals surface area contributed by atoms with E-state index in [1.165, 1.54) is 12.8 Å². The zero-order chi connectivity index (χ0) is 12.1. The number of aromatic nitrogens is 3. The average Bonchev–Trinajstić information content (AvgIpc) is 3.11. The number of hydrogen-bond donors (Lipinski definition) is 2. The molecule has 1 aliphatic carbocycles. The van der Waals surface area contributed by atoms with E-state index >= 15 is 0 Å². The summed E-state index contributed by atoms with van der Waals surface area (Å²) in [5, 5.41) is 6.29. The molecule has 6 nitrogen and oxygen atoms in total. The standard InChI is InChI=1S/C11H19N5O/c1-3-12-9-14-10(13-7-8-5-6-8)16-11(15-9)17-4-2/h8H,3-7H2,1-2H3,(H2,12,13,14,15,16). The number of rotatable bonds is 7. The van der Waals surface area contributed by atoms with Crippen LogP contribution in [0.4, 0.5) is 11.9 Å². The first kappa shape index (κ1) is 11.9. The Bertz CT molecular complexity index is 343. The molecule has 0 aromatic carbocycles. The highest BCUT2D eigenvalue weighted by Gasteiger charge is 2.21. The van der Waals surface area contributed by atoms with Crippen molar-refractivity contribution in [2.24, 2.45) is 5.92 Å². The molecule has 2 N–H and O–H groups in total. The Hall–Kier alpha value is -1.59. The predicted octanol–water partition coefficient (Wildman–Crippen LogP) is 1.52. The maximum absolute atomic E-state index is 5.31. The molecular formula is C11H19N5O. The van der Waals surface area contributed by atoms with Crippen molar-refractivity contribution in [2.75, 3.05) is 30.3 Å². The summed E-state index contributed by atoms with van der Waals surface area (Å²) in [7, 11) is 0. The molecule has 1 heterocycles. The first-order valence-electron chi connectivity index (χ1n) is 6.18. The SMILES string of the molecule is CCNc1nc(NCC2CC2)nc(OCC)n1. The summed E-state index contributed by atoms with van der Waals surface area (Å²) in [5.41, 5.74) is 0. The summed E-state index contributed by atoms with van der Waals surface area (Å²) in [6.07, 6.45) is 2.60. The molecule has 1 aromatic rings. The van der Waals surface area contributed by atoms with Crippen molar-refractivity contribution >= 4 is 11.9 Å². The third-order valence-corrected chi connectivity index (χ3v) is 2.47. The summed E-state index contributed by atoms with van der Waals surface area (Å²) >= 11 is 0. The van der Waals surface area contributed by atoms with Gasteiger partial charge in [-0.25, -0.2) is 0 Å². The molecule has 0 bridgehead atoms. The normalized spacial score (nSPS) is 14.5. The van der Waals surface area contributed by atoms with Gasteiger partial charge in [-0.3, -0.25) is 0 Å². The molecule has 0 spiro atoms. The maximum Gasteiger partial charge on any atom is 0.323 e. The molecule has 1 aromatic heterocycles. The fourth-order valence-corrected chi connectivity index (χ4v) is 1.42. The Morgan fingerprint density at radius 1 is 1.12 bits per heavy atom. The van der Waals surface area contributed by atoms with Gasteiger partial charge in [0.05, 0.1) is 6.61 Å². The second-order valence-electron chi connectivity index (χ2n) is 4.05. The lowest BCUT2D eigenvalue weighted by atomic mass is 10.4. The van der Waals surface area contributed by atoms with Crippen molar-refractivity contribution < 1.29 is 4.74 Å². The van der Waals surface area contributed by atoms with Crippen molar-refractivity contribution in [2.45, 2.75) is 26.7 Å². The van der Waals surface area contributed by atoms with E-state index in [2.05, 4.69) is 25.6 Å². The van der Waals surface area contributed by atoms with Gasteiger partial charge in [0.15, 0.2) is 0 Å². The van der Waals surface area contributed by atoms with Gasteiger partial charge in [-0.15, -0.1) is 0 Å². The lowest BCUT2D eigenvalue weighted by Gasteiger charge is -2.08. The summed E-state index contributed by atoms with van der Waals surface area (Å²) in [5.74, 6) is 1.93. The van der Waals surface area contributed by atoms with E-state index in [-0.39, 0.29) is 0 Å². The van der Waals surface area contributed by atoms with Crippen LogP contribution in [0.1, 0.15) is 26.7 Å². The first-order valence-corrected chi connectivity index (χ1v) is 6.18. The molecule has 1 saturated carbocycles. The lowest BCUT2D eigenvalue weighted by molar-refractivity contribution is 0.312. The molecular weight excluding hydrogens is 218 g/mol. The molecule has 0 saturated heterocycles. The summed E-state index contributed by atoms with van der Waals surface area (Å²) in [6.45, 7) is 6.17. The molecule has 0 radical (unpaired) electrons. The zero-order valence-electron chi connectivity index (χ0n) is 10.4. The molecule has 2 rings (SSSR count). The second-order valence-corrected chi connectivity index (χ2v) is 4.05. The highest BCUT2D eigenvalue weighted by molar-refractivity contribution is 5.35. The van der Waals surface area contributed by atoms with E-state index in [0.29, 0.717) is 24.5 Å². The minimum atomic E-state index is 0.372. The molecule has 0 atom stereocenters. The van der Waals surface area contributed by atoms with Crippen LogP contribution < -0.4 is 15.4 Å². The van der Waals surface area contributed by atoms with Gasteiger partial charge in [-0.05, 0) is 32.6 Å². The highest BCUT2D eigenvalue weighted by Crippen LogP contribution is 2.28. The molecule has 17 heavy (non-hydrogen) atoms. The number of anilines is 2. The summed E-state index contributed by atoms with van der Waals surface area (Å²) in [4.78, 5) is 12.7. The van der Waals surface area contributed by atoms with Gasteiger partial charge in [-0.2, -0.15) is 15.0 Å². The van der Waals surface area contributed by atoms with Gasteiger partial charge in [0, 0.05) is 13.1 Å². The third-order valence-electron chi connectivity index (χ3n) is 2.47. The maximum atomic E-state index is 5.31. The number of nitrogens with one attached hydrogen (secondary N) is 2. The topological polar surface area (TPSA) is 72.0 Å². The molecule has 0 aliphatic heterocycles. The quantitative estimate of drug-likeness (QED) is 0.749. The fraction of sp³-hybridized carbons (Fsp3) is 0.727. The fourth-order valence-electron chi connectivity index (χ4n) is 1.42. The summed E-state index contributed by atoms with van der Waals surface area (Å²) in [6, 6.07) is 0.372. The van der Waals surface area contributed by atoms with Crippen LogP contribution in [0.5, 0.6) is 6.01 Å². The van der Waals surface area contributed by atoms with Crippen LogP contribution in [0.3, 0.4) is 0 Å². The number of hydrogen-bond acceptors (Lipinski definition) is 6. The Morgan fingerprint density at radius 3 is 2.41 bits per heavy atom. The van der Waals surface area contributed by atoms with Crippen LogP contribution >= 0.6 is 0 Å². The second kappa shape index (κ2) is 5.65. The van der Waals surface area contributed by atoms with Crippen LogP contribution in [0.15, 0.2) is 0 Å². The van der Waals surface area contributed by atoms with Gasteiger partial charge in [-0.1, -0.05) is 0 Å². The smallest absolute Gasteiger partial charge is 0.323 e. The van der Waals surface area contributed by atoms with Gasteiger partial charge in [0.2, 0.25) is 11.9 Å². The Balaban J connectivity index is 2.04. The van der Waals surface area contributed by atoms with Crippen LogP contribution in [0, 0.1) is 5.92 Å². The van der Waals surface area contributed by atoms with E-state index in [0.717, 1.165) is 19.0 Å².